The van der Waals surface area contributed by atoms with Gasteiger partial charge in [-0.2, -0.15) is 0 Å². The van der Waals surface area contributed by atoms with Gasteiger partial charge in [-0.25, -0.2) is 0 Å². The van der Waals surface area contributed by atoms with E-state index < -0.39 is 15.5 Å². The van der Waals surface area contributed by atoms with Gasteiger partial charge in [0, 0.05) is 0 Å². The first-order valence-electron chi connectivity index (χ1n) is 2.14. The van der Waals surface area contributed by atoms with Crippen LogP contribution in [0.4, 0.5) is 0 Å². The zero-order valence-electron chi connectivity index (χ0n) is 4.40. The van der Waals surface area contributed by atoms with Crippen LogP contribution in [0.1, 0.15) is 6.42 Å². The molecule has 0 saturated heterocycles. The van der Waals surface area contributed by atoms with Gasteiger partial charge in [0.15, 0.2) is 0 Å². The minimum absolute atomic E-state index is 0.273. The van der Waals surface area contributed by atoms with Crippen molar-refractivity contribution in [3.63, 3.8) is 0 Å². The molecule has 1 radical (unpaired) electrons. The van der Waals surface area contributed by atoms with Crippen LogP contribution < -0.4 is 0 Å². The van der Waals surface area contributed by atoms with Gasteiger partial charge >= 0.3 is 66.8 Å². The zero-order chi connectivity index (χ0) is 7.44. The molecular weight excluding hydrogens is 321 g/mol. The molecule has 0 fully saturated rings. The summed E-state index contributed by atoms with van der Waals surface area (Å²) < 4.78 is -0.706. The van der Waals surface area contributed by atoms with Crippen LogP contribution in [0.2, 0.25) is 3.58 Å². The van der Waals surface area contributed by atoms with Crippen LogP contribution in [0.25, 0.3) is 0 Å². The van der Waals surface area contributed by atoms with E-state index in [1.165, 1.54) is 0 Å². The Morgan fingerprint density at radius 2 is 1.89 bits per heavy atom. The second kappa shape index (κ2) is 3.79. The average Bonchev–Trinajstić information content (AvgIpc) is 1.63. The van der Waals surface area contributed by atoms with Crippen LogP contribution in [0, 0.1) is 0 Å². The SMILES string of the molecule is O=C(O)C[CH]([Po])C(=O)O. The third-order valence-electron chi connectivity index (χ3n) is 0.635. The average molecular weight is 326 g/mol. The van der Waals surface area contributed by atoms with Crippen molar-refractivity contribution in [3.05, 3.63) is 0 Å². The fraction of sp³-hybridized carbons (Fsp3) is 0.500. The maximum absolute atomic E-state index is 9.99. The summed E-state index contributed by atoms with van der Waals surface area (Å²) in [7, 11) is 0. The summed E-state index contributed by atoms with van der Waals surface area (Å²) in [6.07, 6.45) is -0.273. The number of rotatable bonds is 3. The Kier molecular flexibility index (Phi) is 3.72. The van der Waals surface area contributed by atoms with Gasteiger partial charge < -0.3 is 0 Å². The van der Waals surface area contributed by atoms with Crippen LogP contribution in [-0.4, -0.2) is 47.2 Å². The molecule has 51 valence electrons. The zero-order valence-corrected chi connectivity index (χ0v) is 7.58. The molecule has 0 aliphatic carbocycles. The Morgan fingerprint density at radius 3 is 2.00 bits per heavy atom. The molecule has 1 atom stereocenters. The molecule has 0 amide bonds. The Balaban J connectivity index is 3.63. The van der Waals surface area contributed by atoms with Gasteiger partial charge in [0.05, 0.1) is 0 Å². The summed E-state index contributed by atoms with van der Waals surface area (Å²) >= 11 is 0.778. The summed E-state index contributed by atoms with van der Waals surface area (Å²) in [5.74, 6) is -2.09. The van der Waals surface area contributed by atoms with Crippen LogP contribution in [0.15, 0.2) is 0 Å². The van der Waals surface area contributed by atoms with Crippen molar-refractivity contribution in [1.29, 1.82) is 0 Å². The van der Waals surface area contributed by atoms with Crippen molar-refractivity contribution in [2.75, 3.05) is 0 Å². The molecule has 1 unspecified atom stereocenters. The molecule has 0 saturated carbocycles. The monoisotopic (exact) mass is 326 g/mol. The molecule has 0 aliphatic rings. The summed E-state index contributed by atoms with van der Waals surface area (Å²) in [4.78, 5) is 19.9. The van der Waals surface area contributed by atoms with E-state index in [2.05, 4.69) is 0 Å². The fourth-order valence-corrected chi connectivity index (χ4v) is 0.800. The second-order valence-electron chi connectivity index (χ2n) is 1.42. The summed E-state index contributed by atoms with van der Waals surface area (Å²) in [5.41, 5.74) is 0. The minimum atomic E-state index is -1.06. The molecule has 2 N–H and O–H groups in total. The van der Waals surface area contributed by atoms with E-state index in [1.54, 1.807) is 0 Å². The molecule has 0 heterocycles. The molecular formula is C4H5O4Po. The van der Waals surface area contributed by atoms with E-state index in [0.717, 1.165) is 25.1 Å². The van der Waals surface area contributed by atoms with E-state index in [1.807, 2.05) is 0 Å². The van der Waals surface area contributed by atoms with Gasteiger partial charge in [-0.3, -0.25) is 0 Å². The van der Waals surface area contributed by atoms with Crippen LogP contribution >= 0.6 is 0 Å². The number of carbonyl (C=O) groups is 2. The third kappa shape index (κ3) is 4.35. The molecule has 9 heavy (non-hydrogen) atoms. The molecule has 5 heteroatoms. The van der Waals surface area contributed by atoms with E-state index in [4.69, 9.17) is 10.2 Å². The third-order valence-corrected chi connectivity index (χ3v) is 2.07. The first kappa shape index (κ1) is 8.84. The van der Waals surface area contributed by atoms with E-state index in [9.17, 15) is 9.59 Å². The standard InChI is InChI=1S/C4H5O4.Po/c5-3(6)1-2-4(7)8;/h1H,2H2,(H,5,6)(H,7,8);. The molecule has 0 spiro atoms. The van der Waals surface area contributed by atoms with Crippen molar-refractivity contribution in [3.8, 4) is 0 Å². The number of aliphatic carboxylic acids is 2. The number of carboxylic acids is 2. The second-order valence-corrected chi connectivity index (χ2v) is 3.64. The van der Waals surface area contributed by atoms with Gasteiger partial charge in [-0.15, -0.1) is 0 Å². The Bertz CT molecular complexity index is 133. The maximum atomic E-state index is 9.99. The first-order valence-corrected chi connectivity index (χ1v) is 3.97. The molecule has 0 rings (SSSR count). The Morgan fingerprint density at radius 1 is 1.44 bits per heavy atom. The van der Waals surface area contributed by atoms with Crippen molar-refractivity contribution in [1.82, 2.24) is 0 Å². The van der Waals surface area contributed by atoms with Gasteiger partial charge in [0.25, 0.3) is 0 Å². The van der Waals surface area contributed by atoms with Gasteiger partial charge in [0.2, 0.25) is 0 Å². The van der Waals surface area contributed by atoms with Crippen molar-refractivity contribution in [2.45, 2.75) is 10.00 Å². The summed E-state index contributed by atoms with van der Waals surface area (Å²) in [5, 5.41) is 16.3. The van der Waals surface area contributed by atoms with Crippen LogP contribution in [0.3, 0.4) is 0 Å². The molecule has 0 aromatic carbocycles. The first-order chi connectivity index (χ1) is 4.04. The van der Waals surface area contributed by atoms with E-state index in [0.29, 0.717) is 0 Å². The molecule has 0 aliphatic heterocycles. The van der Waals surface area contributed by atoms with Crippen molar-refractivity contribution >= 4 is 37.0 Å². The van der Waals surface area contributed by atoms with Gasteiger partial charge in [-0.05, 0) is 0 Å². The molecule has 0 aromatic rings. The summed E-state index contributed by atoms with van der Waals surface area (Å²) in [6.45, 7) is 0. The quantitative estimate of drug-likeness (QED) is 0.734. The number of hydrogen-bond donors (Lipinski definition) is 2. The topological polar surface area (TPSA) is 74.6 Å². The van der Waals surface area contributed by atoms with Crippen molar-refractivity contribution in [2.24, 2.45) is 0 Å². The Labute approximate surface area is 67.0 Å². The molecule has 4 nitrogen and oxygen atoms in total. The predicted octanol–water partition coefficient (Wildman–Crippen LogP) is -0.497. The van der Waals surface area contributed by atoms with Crippen molar-refractivity contribution < 1.29 is 19.8 Å². The molecule has 0 aromatic heterocycles. The Hall–Kier alpha value is -0.164. The van der Waals surface area contributed by atoms with Gasteiger partial charge in [0.1, 0.15) is 0 Å². The normalized spacial score (nSPS) is 12.6. The number of hydrogen-bond acceptors (Lipinski definition) is 2. The predicted molar refractivity (Wildman–Crippen MR) is 29.4 cm³/mol. The number of carboxylic acid groups (broad SMARTS) is 2. The fourth-order valence-electron chi connectivity index (χ4n) is 0.246. The van der Waals surface area contributed by atoms with Crippen LogP contribution in [-0.2, 0) is 9.59 Å². The van der Waals surface area contributed by atoms with Gasteiger partial charge in [-0.1, -0.05) is 0 Å². The van der Waals surface area contributed by atoms with Crippen LogP contribution in [0.5, 0.6) is 0 Å². The molecule has 0 bridgehead atoms. The van der Waals surface area contributed by atoms with E-state index in [-0.39, 0.29) is 6.42 Å². The summed E-state index contributed by atoms with van der Waals surface area (Å²) in [6, 6.07) is 0. The van der Waals surface area contributed by atoms with E-state index >= 15 is 0 Å².